The van der Waals surface area contributed by atoms with Crippen LogP contribution in [0.3, 0.4) is 0 Å². The summed E-state index contributed by atoms with van der Waals surface area (Å²) in [5.74, 6) is 0.757. The molecule has 78 valence electrons. The number of aliphatic hydroxyl groups is 2. The summed E-state index contributed by atoms with van der Waals surface area (Å²) >= 11 is 3.35. The molecule has 0 fully saturated rings. The molecule has 2 N–H and O–H groups in total. The molecule has 0 heterocycles. The Bertz CT molecular complexity index is 301. The molecule has 0 aliphatic heterocycles. The van der Waals surface area contributed by atoms with E-state index in [4.69, 9.17) is 9.84 Å². The Morgan fingerprint density at radius 2 is 2.21 bits per heavy atom. The lowest BCUT2D eigenvalue weighted by atomic mass is 10.1. The molecule has 0 aliphatic rings. The zero-order valence-corrected chi connectivity index (χ0v) is 9.49. The highest BCUT2D eigenvalue weighted by molar-refractivity contribution is 9.10. The Labute approximate surface area is 91.5 Å². The molecule has 0 amide bonds. The number of methoxy groups -OCH3 is 1. The molecule has 0 saturated heterocycles. The van der Waals surface area contributed by atoms with E-state index in [1.807, 2.05) is 18.2 Å². The summed E-state index contributed by atoms with van der Waals surface area (Å²) in [6.45, 7) is -0.219. The number of halogens is 1. The van der Waals surface area contributed by atoms with Crippen molar-refractivity contribution in [3.8, 4) is 5.75 Å². The van der Waals surface area contributed by atoms with Gasteiger partial charge in [-0.3, -0.25) is 0 Å². The Kier molecular flexibility index (Phi) is 4.38. The quantitative estimate of drug-likeness (QED) is 0.860. The minimum absolute atomic E-state index is 0.219. The molecular formula is C10H13BrO3. The zero-order chi connectivity index (χ0) is 10.6. The van der Waals surface area contributed by atoms with E-state index < -0.39 is 6.10 Å². The van der Waals surface area contributed by atoms with E-state index in [1.165, 1.54) is 0 Å². The molecule has 4 heteroatoms. The molecule has 14 heavy (non-hydrogen) atoms. The lowest BCUT2D eigenvalue weighted by Gasteiger charge is -2.09. The van der Waals surface area contributed by atoms with Gasteiger partial charge in [-0.25, -0.2) is 0 Å². The molecule has 0 saturated carbocycles. The third kappa shape index (κ3) is 2.97. The first kappa shape index (κ1) is 11.5. The van der Waals surface area contributed by atoms with Crippen LogP contribution in [0, 0.1) is 0 Å². The molecular weight excluding hydrogens is 248 g/mol. The molecule has 1 atom stereocenters. The van der Waals surface area contributed by atoms with Gasteiger partial charge >= 0.3 is 0 Å². The smallest absolute Gasteiger partial charge is 0.133 e. The summed E-state index contributed by atoms with van der Waals surface area (Å²) in [5.41, 5.74) is 0.958. The average Bonchev–Trinajstić information content (AvgIpc) is 2.18. The molecule has 3 nitrogen and oxygen atoms in total. The first-order valence-corrected chi connectivity index (χ1v) is 5.08. The molecule has 1 rings (SSSR count). The van der Waals surface area contributed by atoms with E-state index in [1.54, 1.807) is 7.11 Å². The highest BCUT2D eigenvalue weighted by atomic mass is 79.9. The number of rotatable bonds is 4. The summed E-state index contributed by atoms with van der Waals surface area (Å²) in [6.07, 6.45) is -0.255. The molecule has 0 spiro atoms. The molecule has 0 aliphatic carbocycles. The lowest BCUT2D eigenvalue weighted by Crippen LogP contribution is -2.14. The topological polar surface area (TPSA) is 49.7 Å². The van der Waals surface area contributed by atoms with E-state index in [0.29, 0.717) is 6.42 Å². The summed E-state index contributed by atoms with van der Waals surface area (Å²) < 4.78 is 5.92. The second-order valence-corrected chi connectivity index (χ2v) is 3.86. The number of hydrogen-bond acceptors (Lipinski definition) is 3. The number of ether oxygens (including phenoxy) is 1. The van der Waals surface area contributed by atoms with Crippen molar-refractivity contribution in [3.05, 3.63) is 28.2 Å². The number of aliphatic hydroxyl groups excluding tert-OH is 2. The van der Waals surface area contributed by atoms with Crippen LogP contribution in [0.5, 0.6) is 5.75 Å². The van der Waals surface area contributed by atoms with E-state index in [-0.39, 0.29) is 6.61 Å². The van der Waals surface area contributed by atoms with Crippen LogP contribution in [0.2, 0.25) is 0 Å². The number of hydrogen-bond donors (Lipinski definition) is 2. The zero-order valence-electron chi connectivity index (χ0n) is 7.90. The van der Waals surface area contributed by atoms with Crippen LogP contribution in [0.1, 0.15) is 5.56 Å². The Morgan fingerprint density at radius 1 is 1.50 bits per heavy atom. The minimum Gasteiger partial charge on any atom is -0.496 e. The lowest BCUT2D eigenvalue weighted by molar-refractivity contribution is 0.0955. The summed E-state index contributed by atoms with van der Waals surface area (Å²) in [7, 11) is 1.60. The Morgan fingerprint density at radius 3 is 2.71 bits per heavy atom. The van der Waals surface area contributed by atoms with Crippen molar-refractivity contribution in [2.24, 2.45) is 0 Å². The van der Waals surface area contributed by atoms with Gasteiger partial charge in [0.25, 0.3) is 0 Å². The van der Waals surface area contributed by atoms with Crippen molar-refractivity contribution in [1.82, 2.24) is 0 Å². The second-order valence-electron chi connectivity index (χ2n) is 3.01. The molecule has 0 radical (unpaired) electrons. The fourth-order valence-electron chi connectivity index (χ4n) is 1.17. The fraction of sp³-hybridized carbons (Fsp3) is 0.400. The van der Waals surface area contributed by atoms with Gasteiger partial charge in [0.05, 0.1) is 24.3 Å². The maximum Gasteiger partial charge on any atom is 0.133 e. The maximum absolute atomic E-state index is 9.23. The third-order valence-corrected chi connectivity index (χ3v) is 2.52. The summed E-state index contributed by atoms with van der Waals surface area (Å²) in [4.78, 5) is 0. The van der Waals surface area contributed by atoms with Crippen molar-refractivity contribution in [3.63, 3.8) is 0 Å². The van der Waals surface area contributed by atoms with Crippen LogP contribution in [0.15, 0.2) is 22.7 Å². The average molecular weight is 261 g/mol. The summed E-state index contributed by atoms with van der Waals surface area (Å²) in [5, 5.41) is 17.9. The molecule has 0 aromatic heterocycles. The standard InChI is InChI=1S/C10H13BrO3/c1-14-10-3-2-7(5-9(10)11)4-8(13)6-12/h2-3,5,8,12-13H,4,6H2,1H3/t8-/m1/s1. The van der Waals surface area contributed by atoms with Gasteiger partial charge in [0.2, 0.25) is 0 Å². The third-order valence-electron chi connectivity index (χ3n) is 1.90. The van der Waals surface area contributed by atoms with Crippen molar-refractivity contribution in [2.45, 2.75) is 12.5 Å². The predicted octanol–water partition coefficient (Wildman–Crippen LogP) is 1.35. The molecule has 1 aromatic carbocycles. The van der Waals surface area contributed by atoms with Gasteiger partial charge in [0.15, 0.2) is 0 Å². The van der Waals surface area contributed by atoms with E-state index in [0.717, 1.165) is 15.8 Å². The highest BCUT2D eigenvalue weighted by Gasteiger charge is 2.06. The molecule has 0 bridgehead atoms. The second kappa shape index (κ2) is 5.34. The van der Waals surface area contributed by atoms with Gasteiger partial charge in [-0.2, -0.15) is 0 Å². The Balaban J connectivity index is 2.76. The van der Waals surface area contributed by atoms with Gasteiger partial charge in [0.1, 0.15) is 5.75 Å². The van der Waals surface area contributed by atoms with Gasteiger partial charge < -0.3 is 14.9 Å². The highest BCUT2D eigenvalue weighted by Crippen LogP contribution is 2.25. The van der Waals surface area contributed by atoms with Crippen LogP contribution < -0.4 is 4.74 Å². The number of benzene rings is 1. The fourth-order valence-corrected chi connectivity index (χ4v) is 1.76. The van der Waals surface area contributed by atoms with Gasteiger partial charge in [0, 0.05) is 6.42 Å². The Hall–Kier alpha value is -0.580. The van der Waals surface area contributed by atoms with Gasteiger partial charge in [-0.05, 0) is 33.6 Å². The van der Waals surface area contributed by atoms with Crippen molar-refractivity contribution < 1.29 is 14.9 Å². The predicted molar refractivity (Wildman–Crippen MR) is 57.5 cm³/mol. The normalized spacial score (nSPS) is 12.6. The van der Waals surface area contributed by atoms with Crippen molar-refractivity contribution >= 4 is 15.9 Å². The van der Waals surface area contributed by atoms with Gasteiger partial charge in [-0.15, -0.1) is 0 Å². The monoisotopic (exact) mass is 260 g/mol. The van der Waals surface area contributed by atoms with Crippen LogP contribution in [0.4, 0.5) is 0 Å². The van der Waals surface area contributed by atoms with E-state index in [2.05, 4.69) is 15.9 Å². The van der Waals surface area contributed by atoms with Crippen molar-refractivity contribution in [1.29, 1.82) is 0 Å². The van der Waals surface area contributed by atoms with Crippen LogP contribution in [-0.4, -0.2) is 30.0 Å². The van der Waals surface area contributed by atoms with Crippen LogP contribution in [0.25, 0.3) is 0 Å². The molecule has 0 unspecified atom stereocenters. The van der Waals surface area contributed by atoms with E-state index in [9.17, 15) is 5.11 Å². The largest absolute Gasteiger partial charge is 0.496 e. The SMILES string of the molecule is COc1ccc(C[C@@H](O)CO)cc1Br. The van der Waals surface area contributed by atoms with Crippen LogP contribution >= 0.6 is 15.9 Å². The van der Waals surface area contributed by atoms with Crippen LogP contribution in [-0.2, 0) is 6.42 Å². The molecule has 1 aromatic rings. The first-order chi connectivity index (χ1) is 6.67. The minimum atomic E-state index is -0.699. The van der Waals surface area contributed by atoms with Gasteiger partial charge in [-0.1, -0.05) is 6.07 Å². The maximum atomic E-state index is 9.23. The summed E-state index contributed by atoms with van der Waals surface area (Å²) in [6, 6.07) is 5.56. The van der Waals surface area contributed by atoms with Crippen molar-refractivity contribution in [2.75, 3.05) is 13.7 Å². The first-order valence-electron chi connectivity index (χ1n) is 4.28. The van der Waals surface area contributed by atoms with E-state index >= 15 is 0 Å².